The highest BCUT2D eigenvalue weighted by Gasteiger charge is 2.13. The number of nitrogens with zero attached hydrogens (tertiary/aromatic N) is 1. The maximum Gasteiger partial charge on any atom is 0.279 e. The number of ketones is 1. The molecular formula is C16H13N3O4S2. The van der Waals surface area contributed by atoms with Gasteiger partial charge in [-0.2, -0.15) is 0 Å². The Morgan fingerprint density at radius 2 is 1.88 bits per heavy atom. The minimum Gasteiger partial charge on any atom is -0.431 e. The van der Waals surface area contributed by atoms with Crippen LogP contribution in [0.2, 0.25) is 0 Å². The molecule has 0 unspecified atom stereocenters. The molecule has 0 atom stereocenters. The number of thiophene rings is 1. The van der Waals surface area contributed by atoms with Crippen molar-refractivity contribution in [1.29, 1.82) is 0 Å². The molecule has 0 saturated carbocycles. The van der Waals surface area contributed by atoms with E-state index in [9.17, 15) is 14.4 Å². The van der Waals surface area contributed by atoms with Crippen molar-refractivity contribution < 1.29 is 18.8 Å². The molecule has 2 amide bonds. The smallest absolute Gasteiger partial charge is 0.279 e. The van der Waals surface area contributed by atoms with E-state index < -0.39 is 11.8 Å². The number of fused-ring (bicyclic) bond motifs is 1. The Hall–Kier alpha value is -2.65. The largest absolute Gasteiger partial charge is 0.431 e. The van der Waals surface area contributed by atoms with Gasteiger partial charge in [-0.25, -0.2) is 4.98 Å². The zero-order valence-corrected chi connectivity index (χ0v) is 14.7. The second kappa shape index (κ2) is 7.49. The van der Waals surface area contributed by atoms with Gasteiger partial charge in [-0.05, 0) is 31.2 Å². The first kappa shape index (κ1) is 17.2. The molecule has 9 heteroatoms. The van der Waals surface area contributed by atoms with Crippen molar-refractivity contribution in [2.75, 3.05) is 5.75 Å². The Kier molecular flexibility index (Phi) is 5.15. The van der Waals surface area contributed by atoms with Crippen molar-refractivity contribution in [3.63, 3.8) is 0 Å². The van der Waals surface area contributed by atoms with Gasteiger partial charge in [0.25, 0.3) is 11.1 Å². The summed E-state index contributed by atoms with van der Waals surface area (Å²) >= 11 is 2.20. The summed E-state index contributed by atoms with van der Waals surface area (Å²) < 4.78 is 5.49. The lowest BCUT2D eigenvalue weighted by Gasteiger charge is -2.04. The van der Waals surface area contributed by atoms with E-state index >= 15 is 0 Å². The van der Waals surface area contributed by atoms with Crippen molar-refractivity contribution in [3.8, 4) is 0 Å². The summed E-state index contributed by atoms with van der Waals surface area (Å²) in [6.07, 6.45) is 0. The molecule has 25 heavy (non-hydrogen) atoms. The molecule has 0 spiro atoms. The predicted octanol–water partition coefficient (Wildman–Crippen LogP) is 2.65. The van der Waals surface area contributed by atoms with Gasteiger partial charge in [0.1, 0.15) is 5.52 Å². The van der Waals surface area contributed by atoms with Crippen LogP contribution < -0.4 is 10.9 Å². The number of benzene rings is 1. The summed E-state index contributed by atoms with van der Waals surface area (Å²) in [5, 5.41) is 0.382. The Bertz CT molecular complexity index is 915. The van der Waals surface area contributed by atoms with Gasteiger partial charge in [-0.3, -0.25) is 25.2 Å². The van der Waals surface area contributed by atoms with Gasteiger partial charge in [-0.15, -0.1) is 11.3 Å². The van der Waals surface area contributed by atoms with Crippen LogP contribution >= 0.6 is 23.1 Å². The van der Waals surface area contributed by atoms with Gasteiger partial charge in [0.2, 0.25) is 5.91 Å². The molecule has 0 saturated heterocycles. The molecule has 2 N–H and O–H groups in total. The van der Waals surface area contributed by atoms with E-state index in [-0.39, 0.29) is 11.5 Å². The number of thioether (sulfide) groups is 1. The fourth-order valence-corrected chi connectivity index (χ4v) is 3.35. The fourth-order valence-electron chi connectivity index (χ4n) is 1.91. The number of rotatable bonds is 5. The third-order valence-electron chi connectivity index (χ3n) is 3.09. The van der Waals surface area contributed by atoms with Gasteiger partial charge < -0.3 is 4.42 Å². The molecule has 128 valence electrons. The first-order chi connectivity index (χ1) is 12.0. The molecule has 0 radical (unpaired) electrons. The number of para-hydroxylation sites is 2. The van der Waals surface area contributed by atoms with Crippen LogP contribution in [0.15, 0.2) is 46.0 Å². The molecule has 0 aliphatic heterocycles. The molecule has 2 heterocycles. The van der Waals surface area contributed by atoms with E-state index in [0.29, 0.717) is 20.6 Å². The number of carbonyl (C=O) groups is 3. The van der Waals surface area contributed by atoms with Gasteiger partial charge in [0.15, 0.2) is 11.4 Å². The van der Waals surface area contributed by atoms with E-state index in [1.807, 2.05) is 18.2 Å². The zero-order chi connectivity index (χ0) is 17.8. The minimum atomic E-state index is -0.474. The van der Waals surface area contributed by atoms with Crippen LogP contribution in [0.5, 0.6) is 0 Å². The highest BCUT2D eigenvalue weighted by molar-refractivity contribution is 7.99. The Morgan fingerprint density at radius 1 is 1.12 bits per heavy atom. The molecule has 0 bridgehead atoms. The van der Waals surface area contributed by atoms with Crippen molar-refractivity contribution in [3.05, 3.63) is 46.2 Å². The van der Waals surface area contributed by atoms with Gasteiger partial charge in [0, 0.05) is 0 Å². The van der Waals surface area contributed by atoms with Crippen LogP contribution in [0.3, 0.4) is 0 Å². The molecule has 0 aliphatic rings. The van der Waals surface area contributed by atoms with Crippen molar-refractivity contribution >= 4 is 51.8 Å². The van der Waals surface area contributed by atoms with Crippen LogP contribution in [0.4, 0.5) is 0 Å². The number of hydrogen-bond donors (Lipinski definition) is 2. The highest BCUT2D eigenvalue weighted by Crippen LogP contribution is 2.22. The van der Waals surface area contributed by atoms with Crippen LogP contribution in [-0.4, -0.2) is 28.3 Å². The lowest BCUT2D eigenvalue weighted by molar-refractivity contribution is -0.119. The normalized spacial score (nSPS) is 10.6. The maximum absolute atomic E-state index is 11.9. The fraction of sp³-hybridized carbons (Fsp3) is 0.125. The molecule has 0 aliphatic carbocycles. The lowest BCUT2D eigenvalue weighted by Crippen LogP contribution is -2.42. The number of hydrogen-bond acceptors (Lipinski definition) is 7. The first-order valence-corrected chi connectivity index (χ1v) is 9.01. The average Bonchev–Trinajstić information content (AvgIpc) is 3.24. The Balaban J connectivity index is 1.48. The van der Waals surface area contributed by atoms with E-state index in [1.54, 1.807) is 12.1 Å². The van der Waals surface area contributed by atoms with Gasteiger partial charge >= 0.3 is 0 Å². The summed E-state index contributed by atoms with van der Waals surface area (Å²) in [6.45, 7) is 1.43. The second-order valence-corrected chi connectivity index (χ2v) is 6.97. The number of nitrogens with one attached hydrogen (secondary N) is 2. The SMILES string of the molecule is CC(=O)c1ccc(C(=O)NNC(=O)CSc2nc3ccccc3o2)s1. The highest BCUT2D eigenvalue weighted by atomic mass is 32.2. The Labute approximate surface area is 150 Å². The standard InChI is InChI=1S/C16H13N3O4S2/c1-9(20)12-6-7-13(25-12)15(22)19-18-14(21)8-24-16-17-10-4-2-3-5-11(10)23-16/h2-7H,8H2,1H3,(H,18,21)(H,19,22). The monoisotopic (exact) mass is 375 g/mol. The van der Waals surface area contributed by atoms with E-state index in [0.717, 1.165) is 28.6 Å². The van der Waals surface area contributed by atoms with E-state index in [2.05, 4.69) is 15.8 Å². The van der Waals surface area contributed by atoms with Gasteiger partial charge in [-0.1, -0.05) is 23.9 Å². The van der Waals surface area contributed by atoms with Crippen molar-refractivity contribution in [2.45, 2.75) is 12.1 Å². The second-order valence-electron chi connectivity index (χ2n) is 4.96. The van der Waals surface area contributed by atoms with Crippen LogP contribution in [0.25, 0.3) is 11.1 Å². The number of carbonyl (C=O) groups excluding carboxylic acids is 3. The van der Waals surface area contributed by atoms with E-state index in [4.69, 9.17) is 4.42 Å². The molecular weight excluding hydrogens is 362 g/mol. The van der Waals surface area contributed by atoms with Gasteiger partial charge in [0.05, 0.1) is 15.5 Å². The molecule has 0 fully saturated rings. The van der Waals surface area contributed by atoms with Crippen molar-refractivity contribution in [1.82, 2.24) is 15.8 Å². The number of hydrazine groups is 1. The number of Topliss-reactive ketones (excluding diaryl/α,β-unsaturated/α-hetero) is 1. The molecule has 7 nitrogen and oxygen atoms in total. The minimum absolute atomic E-state index is 0.0379. The molecule has 1 aromatic carbocycles. The third kappa shape index (κ3) is 4.25. The third-order valence-corrected chi connectivity index (χ3v) is 5.11. The molecule has 3 aromatic rings. The number of aromatic nitrogens is 1. The summed E-state index contributed by atoms with van der Waals surface area (Å²) in [7, 11) is 0. The topological polar surface area (TPSA) is 101 Å². The molecule has 3 rings (SSSR count). The average molecular weight is 375 g/mol. The lowest BCUT2D eigenvalue weighted by atomic mass is 10.3. The molecule has 2 aromatic heterocycles. The summed E-state index contributed by atoms with van der Waals surface area (Å²) in [4.78, 5) is 40.0. The van der Waals surface area contributed by atoms with E-state index in [1.165, 1.54) is 13.0 Å². The first-order valence-electron chi connectivity index (χ1n) is 7.21. The summed E-state index contributed by atoms with van der Waals surface area (Å²) in [6, 6.07) is 10.4. The predicted molar refractivity (Wildman–Crippen MR) is 94.7 cm³/mol. The van der Waals surface area contributed by atoms with Crippen LogP contribution in [0, 0.1) is 0 Å². The number of amides is 2. The van der Waals surface area contributed by atoms with Crippen LogP contribution in [0.1, 0.15) is 26.3 Å². The summed E-state index contributed by atoms with van der Waals surface area (Å²) in [5.74, 6) is -0.944. The quantitative estimate of drug-likeness (QED) is 0.404. The number of oxazole rings is 1. The zero-order valence-electron chi connectivity index (χ0n) is 13.1. The van der Waals surface area contributed by atoms with Crippen molar-refractivity contribution in [2.24, 2.45) is 0 Å². The maximum atomic E-state index is 11.9. The summed E-state index contributed by atoms with van der Waals surface area (Å²) in [5.41, 5.74) is 6.00. The Morgan fingerprint density at radius 3 is 2.60 bits per heavy atom. The van der Waals surface area contributed by atoms with Crippen LogP contribution in [-0.2, 0) is 4.79 Å².